The molecule has 0 saturated heterocycles. The number of benzene rings is 1. The van der Waals surface area contributed by atoms with Crippen molar-refractivity contribution in [2.24, 2.45) is 0 Å². The minimum Gasteiger partial charge on any atom is -0.464 e. The minimum atomic E-state index is -0.658. The number of anilines is 1. The molecule has 0 aliphatic heterocycles. The highest BCUT2D eigenvalue weighted by atomic mass is 16.6. The fraction of sp³-hybridized carbons (Fsp3) is 0.167. The third kappa shape index (κ3) is 2.18. The maximum absolute atomic E-state index is 11.5. The molecule has 0 saturated carbocycles. The molecule has 0 amide bonds. The average Bonchev–Trinajstić information content (AvgIpc) is 2.73. The van der Waals surface area contributed by atoms with E-state index >= 15 is 0 Å². The highest BCUT2D eigenvalue weighted by molar-refractivity contribution is 5.92. The Balaban J connectivity index is 2.58. The molecule has 8 heteroatoms. The number of nitrogens with two attached hydrogens (primary N) is 1. The van der Waals surface area contributed by atoms with Crippen molar-refractivity contribution >= 4 is 17.5 Å². The molecule has 0 aliphatic carbocycles. The Bertz CT molecular complexity index is 693. The first-order valence-electron chi connectivity index (χ1n) is 5.63. The molecule has 1 aromatic heterocycles. The van der Waals surface area contributed by atoms with Crippen molar-refractivity contribution < 1.29 is 14.5 Å². The van der Waals surface area contributed by atoms with Gasteiger partial charge in [0.1, 0.15) is 11.6 Å². The summed E-state index contributed by atoms with van der Waals surface area (Å²) in [6.07, 6.45) is 0. The lowest BCUT2D eigenvalue weighted by Gasteiger charge is -2.07. The lowest BCUT2D eigenvalue weighted by atomic mass is 10.2. The topological polar surface area (TPSA) is 113 Å². The Hall–Kier alpha value is -2.90. The monoisotopic (exact) mass is 276 g/mol. The van der Waals surface area contributed by atoms with Gasteiger partial charge in [-0.1, -0.05) is 6.07 Å². The number of non-ortho nitro benzene ring substituents is 1. The van der Waals surface area contributed by atoms with Crippen molar-refractivity contribution in [1.82, 2.24) is 9.55 Å². The molecule has 0 aliphatic rings. The van der Waals surface area contributed by atoms with Crippen LogP contribution in [0.3, 0.4) is 0 Å². The van der Waals surface area contributed by atoms with Gasteiger partial charge in [-0.3, -0.25) is 14.7 Å². The van der Waals surface area contributed by atoms with Crippen LogP contribution in [0.5, 0.6) is 0 Å². The summed E-state index contributed by atoms with van der Waals surface area (Å²) >= 11 is 0. The molecule has 8 nitrogen and oxygen atoms in total. The molecule has 20 heavy (non-hydrogen) atoms. The number of aromatic nitrogens is 2. The van der Waals surface area contributed by atoms with Crippen molar-refractivity contribution in [3.8, 4) is 5.69 Å². The molecule has 2 aromatic rings. The zero-order valence-corrected chi connectivity index (χ0v) is 10.9. The number of hydrogen-bond acceptors (Lipinski definition) is 6. The van der Waals surface area contributed by atoms with E-state index in [1.807, 2.05) is 0 Å². The third-order valence-electron chi connectivity index (χ3n) is 2.76. The fourth-order valence-corrected chi connectivity index (χ4v) is 1.87. The predicted molar refractivity (Wildman–Crippen MR) is 70.7 cm³/mol. The van der Waals surface area contributed by atoms with Crippen molar-refractivity contribution in [3.63, 3.8) is 0 Å². The smallest absolute Gasteiger partial charge is 0.360 e. The number of carbonyl (C=O) groups excluding carboxylic acids is 1. The van der Waals surface area contributed by atoms with Gasteiger partial charge in [-0.15, -0.1) is 0 Å². The number of nitrogen functional groups attached to an aromatic ring is 1. The maximum atomic E-state index is 11.5. The molecule has 0 spiro atoms. The molecule has 0 atom stereocenters. The van der Waals surface area contributed by atoms with Crippen LogP contribution in [0.1, 0.15) is 16.3 Å². The van der Waals surface area contributed by atoms with Crippen molar-refractivity contribution in [2.45, 2.75) is 6.92 Å². The lowest BCUT2D eigenvalue weighted by molar-refractivity contribution is -0.384. The summed E-state index contributed by atoms with van der Waals surface area (Å²) in [6.45, 7) is 1.64. The van der Waals surface area contributed by atoms with Gasteiger partial charge in [0.25, 0.3) is 5.69 Å². The van der Waals surface area contributed by atoms with Crippen molar-refractivity contribution in [1.29, 1.82) is 0 Å². The van der Waals surface area contributed by atoms with Gasteiger partial charge in [0.05, 0.1) is 17.7 Å². The summed E-state index contributed by atoms with van der Waals surface area (Å²) < 4.78 is 6.04. The molecule has 0 bridgehead atoms. The van der Waals surface area contributed by atoms with Gasteiger partial charge in [0, 0.05) is 12.1 Å². The van der Waals surface area contributed by atoms with E-state index in [4.69, 9.17) is 5.73 Å². The average molecular weight is 276 g/mol. The number of nitrogens with zero attached hydrogens (tertiary/aromatic N) is 3. The molecule has 0 unspecified atom stereocenters. The second-order valence-electron chi connectivity index (χ2n) is 4.00. The number of carbonyl (C=O) groups is 1. The zero-order chi connectivity index (χ0) is 14.9. The standard InChI is InChI=1S/C12H12N4O4/c1-7-14-10(12(17)20-2)11(13)15(7)8-4-3-5-9(6-8)16(18)19/h3-6H,13H2,1-2H3. The molecule has 2 N–H and O–H groups in total. The number of nitro groups is 1. The Labute approximate surface area is 113 Å². The van der Waals surface area contributed by atoms with Gasteiger partial charge >= 0.3 is 5.97 Å². The van der Waals surface area contributed by atoms with Crippen LogP contribution >= 0.6 is 0 Å². The number of aryl methyl sites for hydroxylation is 1. The van der Waals surface area contributed by atoms with Gasteiger partial charge < -0.3 is 10.5 Å². The van der Waals surface area contributed by atoms with E-state index in [1.54, 1.807) is 13.0 Å². The number of ether oxygens (including phenoxy) is 1. The Morgan fingerprint density at radius 3 is 2.80 bits per heavy atom. The molecule has 0 radical (unpaired) electrons. The van der Waals surface area contributed by atoms with Crippen LogP contribution < -0.4 is 5.73 Å². The highest BCUT2D eigenvalue weighted by Crippen LogP contribution is 2.23. The van der Waals surface area contributed by atoms with Gasteiger partial charge in [-0.2, -0.15) is 0 Å². The predicted octanol–water partition coefficient (Wildman–Crippen LogP) is 1.46. The van der Waals surface area contributed by atoms with Crippen LogP contribution in [0.2, 0.25) is 0 Å². The molecule has 1 heterocycles. The number of esters is 1. The molecule has 1 aromatic carbocycles. The van der Waals surface area contributed by atoms with E-state index in [9.17, 15) is 14.9 Å². The maximum Gasteiger partial charge on any atom is 0.360 e. The first-order chi connectivity index (χ1) is 9.45. The largest absolute Gasteiger partial charge is 0.464 e. The summed E-state index contributed by atoms with van der Waals surface area (Å²) in [6, 6.07) is 5.89. The van der Waals surface area contributed by atoms with Crippen LogP contribution in [-0.2, 0) is 4.74 Å². The van der Waals surface area contributed by atoms with Gasteiger partial charge in [0.2, 0.25) is 0 Å². The highest BCUT2D eigenvalue weighted by Gasteiger charge is 2.20. The van der Waals surface area contributed by atoms with E-state index < -0.39 is 10.9 Å². The van der Waals surface area contributed by atoms with E-state index in [1.165, 1.54) is 29.9 Å². The van der Waals surface area contributed by atoms with Crippen LogP contribution in [0.4, 0.5) is 11.5 Å². The Morgan fingerprint density at radius 1 is 1.50 bits per heavy atom. The first-order valence-corrected chi connectivity index (χ1v) is 5.63. The second-order valence-corrected chi connectivity index (χ2v) is 4.00. The number of rotatable bonds is 3. The summed E-state index contributed by atoms with van der Waals surface area (Å²) in [5.41, 5.74) is 6.23. The SMILES string of the molecule is COC(=O)c1nc(C)n(-c2cccc([N+](=O)[O-])c2)c1N. The summed E-state index contributed by atoms with van der Waals surface area (Å²) in [5, 5.41) is 10.8. The second kappa shape index (κ2) is 5.00. The van der Waals surface area contributed by atoms with Crippen molar-refractivity contribution in [2.75, 3.05) is 12.8 Å². The molecule has 104 valence electrons. The molecule has 0 fully saturated rings. The number of hydrogen-bond donors (Lipinski definition) is 1. The first kappa shape index (κ1) is 13.5. The molecular weight excluding hydrogens is 264 g/mol. The van der Waals surface area contributed by atoms with Crippen LogP contribution in [0.25, 0.3) is 5.69 Å². The van der Waals surface area contributed by atoms with Crippen LogP contribution in [-0.4, -0.2) is 27.6 Å². The normalized spacial score (nSPS) is 10.3. The van der Waals surface area contributed by atoms with Gasteiger partial charge in [-0.25, -0.2) is 9.78 Å². The Morgan fingerprint density at radius 2 is 2.20 bits per heavy atom. The summed E-state index contributed by atoms with van der Waals surface area (Å²) in [4.78, 5) is 25.8. The van der Waals surface area contributed by atoms with E-state index in [0.717, 1.165) is 0 Å². The fourth-order valence-electron chi connectivity index (χ4n) is 1.87. The minimum absolute atomic E-state index is 0.0171. The van der Waals surface area contributed by atoms with E-state index in [0.29, 0.717) is 11.5 Å². The zero-order valence-electron chi connectivity index (χ0n) is 10.9. The van der Waals surface area contributed by atoms with Crippen molar-refractivity contribution in [3.05, 3.63) is 45.9 Å². The number of nitro benzene ring substituents is 1. The van der Waals surface area contributed by atoms with Gasteiger partial charge in [0.15, 0.2) is 5.69 Å². The molecule has 2 rings (SSSR count). The third-order valence-corrected chi connectivity index (χ3v) is 2.76. The molecular formula is C12H12N4O4. The van der Waals surface area contributed by atoms with E-state index in [2.05, 4.69) is 9.72 Å². The van der Waals surface area contributed by atoms with Gasteiger partial charge in [-0.05, 0) is 13.0 Å². The summed E-state index contributed by atoms with van der Waals surface area (Å²) in [5.74, 6) is -0.145. The van der Waals surface area contributed by atoms with Crippen LogP contribution in [0, 0.1) is 17.0 Å². The Kier molecular flexibility index (Phi) is 3.38. The lowest BCUT2D eigenvalue weighted by Crippen LogP contribution is -2.08. The quantitative estimate of drug-likeness (QED) is 0.515. The number of imidazole rings is 1. The summed E-state index contributed by atoms with van der Waals surface area (Å²) in [7, 11) is 1.23. The van der Waals surface area contributed by atoms with Crippen LogP contribution in [0.15, 0.2) is 24.3 Å². The number of methoxy groups -OCH3 is 1. The van der Waals surface area contributed by atoms with E-state index in [-0.39, 0.29) is 17.2 Å².